The third kappa shape index (κ3) is 4.71. The Morgan fingerprint density at radius 3 is 2.56 bits per heavy atom. The van der Waals surface area contributed by atoms with Crippen LogP contribution >= 0.6 is 11.8 Å². The lowest BCUT2D eigenvalue weighted by Gasteiger charge is -2.24. The maximum absolute atomic E-state index is 13.1. The molecule has 27 heavy (non-hydrogen) atoms. The third-order valence-corrected chi connectivity index (χ3v) is 8.52. The SMILES string of the molecule is CCC(CC)C(=O)N=C1S[C@H]2CS(=O)(=O)C[C@H]2N1CCc1ccc(F)cc1. The number of amides is 1. The van der Waals surface area contributed by atoms with Gasteiger partial charge in [0.2, 0.25) is 0 Å². The number of carbonyl (C=O) groups excluding carboxylic acids is 1. The van der Waals surface area contributed by atoms with Gasteiger partial charge < -0.3 is 4.90 Å². The number of benzene rings is 1. The minimum absolute atomic E-state index is 0.0727. The second kappa shape index (κ2) is 8.31. The van der Waals surface area contributed by atoms with Crippen LogP contribution < -0.4 is 0 Å². The van der Waals surface area contributed by atoms with Crippen molar-refractivity contribution in [2.75, 3.05) is 18.1 Å². The van der Waals surface area contributed by atoms with Crippen LogP contribution in [0.15, 0.2) is 29.3 Å². The summed E-state index contributed by atoms with van der Waals surface area (Å²) in [4.78, 5) is 18.8. The van der Waals surface area contributed by atoms with Crippen LogP contribution in [0.4, 0.5) is 4.39 Å². The molecule has 0 N–H and O–H groups in total. The summed E-state index contributed by atoms with van der Waals surface area (Å²) in [6.07, 6.45) is 2.13. The highest BCUT2D eigenvalue weighted by Gasteiger charge is 2.48. The van der Waals surface area contributed by atoms with E-state index in [4.69, 9.17) is 0 Å². The highest BCUT2D eigenvalue weighted by atomic mass is 32.2. The van der Waals surface area contributed by atoms with Gasteiger partial charge >= 0.3 is 0 Å². The molecule has 0 aliphatic carbocycles. The summed E-state index contributed by atoms with van der Waals surface area (Å²) in [5.74, 6) is -0.270. The number of hydrogen-bond donors (Lipinski definition) is 0. The highest BCUT2D eigenvalue weighted by molar-refractivity contribution is 8.15. The summed E-state index contributed by atoms with van der Waals surface area (Å²) >= 11 is 1.41. The van der Waals surface area contributed by atoms with E-state index in [1.54, 1.807) is 12.1 Å². The van der Waals surface area contributed by atoms with Gasteiger partial charge in [0.15, 0.2) is 15.0 Å². The number of thioether (sulfide) groups is 1. The van der Waals surface area contributed by atoms with Crippen LogP contribution in [0.2, 0.25) is 0 Å². The molecule has 1 aromatic carbocycles. The Balaban J connectivity index is 1.79. The van der Waals surface area contributed by atoms with Gasteiger partial charge in [-0.15, -0.1) is 0 Å². The second-order valence-corrected chi connectivity index (χ2v) is 10.5. The molecule has 3 rings (SSSR count). The first-order valence-electron chi connectivity index (χ1n) is 9.33. The molecule has 1 amide bonds. The van der Waals surface area contributed by atoms with E-state index in [9.17, 15) is 17.6 Å². The van der Waals surface area contributed by atoms with E-state index < -0.39 is 9.84 Å². The lowest BCUT2D eigenvalue weighted by molar-refractivity contribution is -0.121. The average Bonchev–Trinajstić information content (AvgIpc) is 3.07. The van der Waals surface area contributed by atoms with Crippen molar-refractivity contribution in [1.82, 2.24) is 4.90 Å². The van der Waals surface area contributed by atoms with E-state index in [0.717, 1.165) is 18.4 Å². The number of carbonyl (C=O) groups is 1. The predicted molar refractivity (Wildman–Crippen MR) is 107 cm³/mol. The van der Waals surface area contributed by atoms with E-state index in [0.29, 0.717) is 18.1 Å². The molecule has 0 spiro atoms. The quantitative estimate of drug-likeness (QED) is 0.719. The van der Waals surface area contributed by atoms with Gasteiger partial charge in [0.25, 0.3) is 5.91 Å². The molecule has 0 aromatic heterocycles. The van der Waals surface area contributed by atoms with Gasteiger partial charge in [-0.2, -0.15) is 4.99 Å². The van der Waals surface area contributed by atoms with Gasteiger partial charge in [-0.05, 0) is 37.0 Å². The number of nitrogens with zero attached hydrogens (tertiary/aromatic N) is 2. The van der Waals surface area contributed by atoms with Crippen LogP contribution in [-0.4, -0.2) is 53.7 Å². The average molecular weight is 413 g/mol. The van der Waals surface area contributed by atoms with Crippen LogP contribution in [0.1, 0.15) is 32.3 Å². The summed E-state index contributed by atoms with van der Waals surface area (Å²) in [6.45, 7) is 4.51. The van der Waals surface area contributed by atoms with Crippen LogP contribution in [0, 0.1) is 11.7 Å². The molecular formula is C19H25FN2O3S2. The monoisotopic (exact) mass is 412 g/mol. The minimum Gasteiger partial charge on any atom is -0.346 e. The smallest absolute Gasteiger partial charge is 0.251 e. The molecule has 0 radical (unpaired) electrons. The zero-order chi connectivity index (χ0) is 19.6. The fraction of sp³-hybridized carbons (Fsp3) is 0.579. The van der Waals surface area contributed by atoms with E-state index in [1.165, 1.54) is 23.9 Å². The van der Waals surface area contributed by atoms with Crippen molar-refractivity contribution in [3.63, 3.8) is 0 Å². The van der Waals surface area contributed by atoms with Crippen molar-refractivity contribution in [1.29, 1.82) is 0 Å². The first-order chi connectivity index (χ1) is 12.8. The van der Waals surface area contributed by atoms with Gasteiger partial charge in [-0.3, -0.25) is 4.79 Å². The van der Waals surface area contributed by atoms with Crippen molar-refractivity contribution < 1.29 is 17.6 Å². The van der Waals surface area contributed by atoms with E-state index in [-0.39, 0.29) is 40.4 Å². The standard InChI is InChI=1S/C19H25FN2O3S2/c1-3-14(4-2)18(23)21-19-22(10-9-13-5-7-15(20)8-6-13)16-11-27(24,25)12-17(16)26-19/h5-8,14,16-17H,3-4,9-12H2,1-2H3/t16-,17+/m1/s1. The number of rotatable bonds is 6. The van der Waals surface area contributed by atoms with Crippen molar-refractivity contribution in [3.05, 3.63) is 35.6 Å². The van der Waals surface area contributed by atoms with E-state index in [2.05, 4.69) is 4.99 Å². The first kappa shape index (κ1) is 20.3. The fourth-order valence-corrected chi connectivity index (χ4v) is 7.60. The Hall–Kier alpha value is -1.41. The Bertz CT molecular complexity index is 820. The molecule has 2 heterocycles. The summed E-state index contributed by atoms with van der Waals surface area (Å²) in [6, 6.07) is 6.15. The summed E-state index contributed by atoms with van der Waals surface area (Å²) in [7, 11) is -3.06. The number of hydrogen-bond acceptors (Lipinski definition) is 4. The molecular weight excluding hydrogens is 387 g/mol. The minimum atomic E-state index is -3.06. The zero-order valence-electron chi connectivity index (χ0n) is 15.6. The second-order valence-electron chi connectivity index (χ2n) is 7.12. The predicted octanol–water partition coefficient (Wildman–Crippen LogP) is 2.90. The van der Waals surface area contributed by atoms with Crippen molar-refractivity contribution in [2.45, 2.75) is 44.4 Å². The van der Waals surface area contributed by atoms with Gasteiger partial charge in [0.1, 0.15) is 5.82 Å². The van der Waals surface area contributed by atoms with Crippen LogP contribution in [0.3, 0.4) is 0 Å². The topological polar surface area (TPSA) is 66.8 Å². The van der Waals surface area contributed by atoms with Crippen molar-refractivity contribution in [3.8, 4) is 0 Å². The largest absolute Gasteiger partial charge is 0.346 e. The molecule has 2 aliphatic heterocycles. The first-order valence-corrected chi connectivity index (χ1v) is 12.0. The van der Waals surface area contributed by atoms with Crippen molar-refractivity contribution >= 4 is 32.7 Å². The van der Waals surface area contributed by atoms with E-state index >= 15 is 0 Å². The molecule has 0 bridgehead atoms. The summed E-state index contributed by atoms with van der Waals surface area (Å²) < 4.78 is 37.2. The van der Waals surface area contributed by atoms with Gasteiger partial charge in [-0.1, -0.05) is 37.7 Å². The maximum atomic E-state index is 13.1. The Morgan fingerprint density at radius 2 is 1.93 bits per heavy atom. The van der Waals surface area contributed by atoms with Gasteiger partial charge in [-0.25, -0.2) is 12.8 Å². The molecule has 148 valence electrons. The number of aliphatic imine (C=N–C) groups is 1. The number of halogens is 1. The third-order valence-electron chi connectivity index (χ3n) is 5.27. The fourth-order valence-electron chi connectivity index (χ4n) is 3.62. The molecule has 2 aliphatic rings. The van der Waals surface area contributed by atoms with Crippen LogP contribution in [-0.2, 0) is 21.1 Å². The Kier molecular flexibility index (Phi) is 6.25. The molecule has 0 unspecified atom stereocenters. The summed E-state index contributed by atoms with van der Waals surface area (Å²) in [5, 5.41) is 0.565. The molecule has 2 saturated heterocycles. The molecule has 0 saturated carbocycles. The van der Waals surface area contributed by atoms with Gasteiger partial charge in [0.05, 0.1) is 17.5 Å². The Morgan fingerprint density at radius 1 is 1.26 bits per heavy atom. The van der Waals surface area contributed by atoms with Crippen molar-refractivity contribution in [2.24, 2.45) is 10.9 Å². The van der Waals surface area contributed by atoms with E-state index in [1.807, 2.05) is 18.7 Å². The zero-order valence-corrected chi connectivity index (χ0v) is 17.2. The molecule has 8 heteroatoms. The highest BCUT2D eigenvalue weighted by Crippen LogP contribution is 2.38. The lowest BCUT2D eigenvalue weighted by atomic mass is 10.0. The summed E-state index contributed by atoms with van der Waals surface area (Å²) in [5.41, 5.74) is 0.969. The normalized spacial score (nSPS) is 25.3. The number of sulfone groups is 1. The lowest BCUT2D eigenvalue weighted by Crippen LogP contribution is -2.39. The Labute approximate surface area is 164 Å². The molecule has 2 fully saturated rings. The maximum Gasteiger partial charge on any atom is 0.251 e. The number of amidine groups is 1. The van der Waals surface area contributed by atoms with Gasteiger partial charge in [0, 0.05) is 17.7 Å². The van der Waals surface area contributed by atoms with Crippen LogP contribution in [0.5, 0.6) is 0 Å². The molecule has 5 nitrogen and oxygen atoms in total. The molecule has 2 atom stereocenters. The molecule has 1 aromatic rings. The van der Waals surface area contributed by atoms with Crippen LogP contribution in [0.25, 0.3) is 0 Å². The number of fused-ring (bicyclic) bond motifs is 1.